The van der Waals surface area contributed by atoms with Gasteiger partial charge in [-0.3, -0.25) is 14.6 Å². The van der Waals surface area contributed by atoms with Crippen LogP contribution in [0, 0.1) is 0 Å². The van der Waals surface area contributed by atoms with Crippen molar-refractivity contribution in [3.8, 4) is 0 Å². The van der Waals surface area contributed by atoms with Gasteiger partial charge in [0.05, 0.1) is 0 Å². The molecule has 1 atom stereocenters. The quantitative estimate of drug-likeness (QED) is 0.855. The summed E-state index contributed by atoms with van der Waals surface area (Å²) in [5.74, 6) is -0.969. The van der Waals surface area contributed by atoms with E-state index in [4.69, 9.17) is 5.73 Å². The maximum atomic E-state index is 12.0. The lowest BCUT2D eigenvalue weighted by Crippen LogP contribution is -2.37. The minimum absolute atomic E-state index is 0.366. The number of carbonyl (C=O) groups is 2. The van der Waals surface area contributed by atoms with E-state index >= 15 is 0 Å². The van der Waals surface area contributed by atoms with Crippen molar-refractivity contribution in [1.29, 1.82) is 0 Å². The van der Waals surface area contributed by atoms with E-state index in [1.54, 1.807) is 36.4 Å². The minimum atomic E-state index is -0.845. The lowest BCUT2D eigenvalue weighted by atomic mass is 10.1. The van der Waals surface area contributed by atoms with Crippen LogP contribution in [0.5, 0.6) is 0 Å². The summed E-state index contributed by atoms with van der Waals surface area (Å²) >= 11 is 0. The fourth-order valence-electron chi connectivity index (χ4n) is 1.68. The standard InChI is InChI=1S/C14H13N3O2/c15-13(18)12(10-4-2-1-3-5-10)17-14(19)11-6-8-16-9-7-11/h1-9,12H,(H2,15,18)(H,17,19). The molecule has 19 heavy (non-hydrogen) atoms. The van der Waals surface area contributed by atoms with Crippen LogP contribution in [0.25, 0.3) is 0 Å². The van der Waals surface area contributed by atoms with Gasteiger partial charge in [0.2, 0.25) is 5.91 Å². The van der Waals surface area contributed by atoms with E-state index in [1.165, 1.54) is 12.4 Å². The summed E-state index contributed by atoms with van der Waals surface area (Å²) < 4.78 is 0. The molecule has 1 unspecified atom stereocenters. The van der Waals surface area contributed by atoms with Crippen molar-refractivity contribution in [3.63, 3.8) is 0 Å². The van der Waals surface area contributed by atoms with Gasteiger partial charge in [0, 0.05) is 18.0 Å². The smallest absolute Gasteiger partial charge is 0.252 e. The molecule has 2 aromatic rings. The Morgan fingerprint density at radius 2 is 1.68 bits per heavy atom. The molecule has 0 spiro atoms. The van der Waals surface area contributed by atoms with Crippen molar-refractivity contribution in [2.24, 2.45) is 5.73 Å². The summed E-state index contributed by atoms with van der Waals surface area (Å²) in [5.41, 5.74) is 6.41. The predicted octanol–water partition coefficient (Wildman–Crippen LogP) is 1.04. The zero-order valence-electron chi connectivity index (χ0n) is 10.1. The highest BCUT2D eigenvalue weighted by atomic mass is 16.2. The van der Waals surface area contributed by atoms with Crippen molar-refractivity contribution in [3.05, 3.63) is 66.0 Å². The summed E-state index contributed by atoms with van der Waals surface area (Å²) in [7, 11) is 0. The normalized spacial score (nSPS) is 11.6. The van der Waals surface area contributed by atoms with E-state index in [0.717, 1.165) is 0 Å². The molecule has 2 amide bonds. The second-order valence-electron chi connectivity index (χ2n) is 3.96. The zero-order chi connectivity index (χ0) is 13.7. The Balaban J connectivity index is 2.19. The second-order valence-corrected chi connectivity index (χ2v) is 3.96. The number of nitrogens with two attached hydrogens (primary N) is 1. The molecule has 0 aliphatic rings. The van der Waals surface area contributed by atoms with Crippen LogP contribution in [0.3, 0.4) is 0 Å². The molecule has 0 saturated carbocycles. The predicted molar refractivity (Wildman–Crippen MR) is 70.1 cm³/mol. The molecule has 0 fully saturated rings. The first-order valence-corrected chi connectivity index (χ1v) is 5.73. The third kappa shape index (κ3) is 3.16. The molecule has 0 aliphatic carbocycles. The fourth-order valence-corrected chi connectivity index (χ4v) is 1.68. The average molecular weight is 255 g/mol. The SMILES string of the molecule is NC(=O)C(NC(=O)c1ccncc1)c1ccccc1. The molecule has 3 N–H and O–H groups in total. The molecule has 0 radical (unpaired) electrons. The van der Waals surface area contributed by atoms with Crippen molar-refractivity contribution in [2.45, 2.75) is 6.04 Å². The summed E-state index contributed by atoms with van der Waals surface area (Å²) in [4.78, 5) is 27.3. The van der Waals surface area contributed by atoms with Crippen LogP contribution in [0.15, 0.2) is 54.9 Å². The molecule has 1 aromatic heterocycles. The topological polar surface area (TPSA) is 85.1 Å². The van der Waals surface area contributed by atoms with E-state index in [-0.39, 0.29) is 5.91 Å². The van der Waals surface area contributed by atoms with Crippen LogP contribution in [-0.2, 0) is 4.79 Å². The molecule has 96 valence electrons. The van der Waals surface area contributed by atoms with Gasteiger partial charge in [0.25, 0.3) is 5.91 Å². The summed E-state index contributed by atoms with van der Waals surface area (Å²) in [6.07, 6.45) is 3.02. The number of aromatic nitrogens is 1. The van der Waals surface area contributed by atoms with Gasteiger partial charge in [-0.15, -0.1) is 0 Å². The number of pyridine rings is 1. The van der Waals surface area contributed by atoms with Gasteiger partial charge in [-0.1, -0.05) is 30.3 Å². The number of nitrogens with one attached hydrogen (secondary N) is 1. The van der Waals surface area contributed by atoms with Crippen molar-refractivity contribution in [1.82, 2.24) is 10.3 Å². The molecular weight excluding hydrogens is 242 g/mol. The van der Waals surface area contributed by atoms with Crippen LogP contribution in [0.1, 0.15) is 22.0 Å². The lowest BCUT2D eigenvalue weighted by Gasteiger charge is -2.15. The van der Waals surface area contributed by atoms with Gasteiger partial charge in [-0.25, -0.2) is 0 Å². The average Bonchev–Trinajstić information content (AvgIpc) is 2.46. The van der Waals surface area contributed by atoms with Crippen LogP contribution in [-0.4, -0.2) is 16.8 Å². The molecule has 0 bridgehead atoms. The molecule has 1 aromatic carbocycles. The highest BCUT2D eigenvalue weighted by Gasteiger charge is 2.20. The van der Waals surface area contributed by atoms with Gasteiger partial charge in [0.15, 0.2) is 0 Å². The number of amides is 2. The third-order valence-corrected chi connectivity index (χ3v) is 2.64. The Hall–Kier alpha value is -2.69. The van der Waals surface area contributed by atoms with E-state index in [2.05, 4.69) is 10.3 Å². The maximum Gasteiger partial charge on any atom is 0.252 e. The Labute approximate surface area is 110 Å². The largest absolute Gasteiger partial charge is 0.368 e. The minimum Gasteiger partial charge on any atom is -0.368 e. The number of rotatable bonds is 4. The Bertz CT molecular complexity index is 570. The Morgan fingerprint density at radius 3 is 2.26 bits per heavy atom. The van der Waals surface area contributed by atoms with Gasteiger partial charge >= 0.3 is 0 Å². The van der Waals surface area contributed by atoms with E-state index < -0.39 is 11.9 Å². The van der Waals surface area contributed by atoms with Gasteiger partial charge in [-0.2, -0.15) is 0 Å². The van der Waals surface area contributed by atoms with Crippen LogP contribution in [0.4, 0.5) is 0 Å². The summed E-state index contributed by atoms with van der Waals surface area (Å²) in [5, 5.41) is 2.61. The number of nitrogens with zero attached hydrogens (tertiary/aromatic N) is 1. The number of hydrogen-bond donors (Lipinski definition) is 2. The van der Waals surface area contributed by atoms with Crippen molar-refractivity contribution < 1.29 is 9.59 Å². The molecule has 5 heteroatoms. The zero-order valence-corrected chi connectivity index (χ0v) is 10.1. The number of hydrogen-bond acceptors (Lipinski definition) is 3. The highest BCUT2D eigenvalue weighted by molar-refractivity contribution is 5.97. The fraction of sp³-hybridized carbons (Fsp3) is 0.0714. The van der Waals surface area contributed by atoms with E-state index in [0.29, 0.717) is 11.1 Å². The summed E-state index contributed by atoms with van der Waals surface area (Å²) in [6, 6.07) is 11.2. The molecule has 0 saturated heterocycles. The van der Waals surface area contributed by atoms with Gasteiger partial charge < -0.3 is 11.1 Å². The Morgan fingerprint density at radius 1 is 1.05 bits per heavy atom. The van der Waals surface area contributed by atoms with Crippen LogP contribution in [0.2, 0.25) is 0 Å². The van der Waals surface area contributed by atoms with Crippen LogP contribution >= 0.6 is 0 Å². The first-order valence-electron chi connectivity index (χ1n) is 5.73. The highest BCUT2D eigenvalue weighted by Crippen LogP contribution is 2.12. The number of primary amides is 1. The van der Waals surface area contributed by atoms with E-state index in [1.807, 2.05) is 6.07 Å². The number of benzene rings is 1. The first-order chi connectivity index (χ1) is 9.18. The first kappa shape index (κ1) is 12.8. The number of carbonyl (C=O) groups excluding carboxylic acids is 2. The molecule has 2 rings (SSSR count). The molecule has 1 heterocycles. The molecule has 0 aliphatic heterocycles. The molecular formula is C14H13N3O2. The monoisotopic (exact) mass is 255 g/mol. The van der Waals surface area contributed by atoms with Crippen molar-refractivity contribution in [2.75, 3.05) is 0 Å². The van der Waals surface area contributed by atoms with Gasteiger partial charge in [0.1, 0.15) is 6.04 Å². The maximum absolute atomic E-state index is 12.0. The van der Waals surface area contributed by atoms with E-state index in [9.17, 15) is 9.59 Å². The van der Waals surface area contributed by atoms with Crippen LogP contribution < -0.4 is 11.1 Å². The van der Waals surface area contributed by atoms with Gasteiger partial charge in [-0.05, 0) is 17.7 Å². The van der Waals surface area contributed by atoms with Crippen molar-refractivity contribution >= 4 is 11.8 Å². The Kier molecular flexibility index (Phi) is 3.87. The summed E-state index contributed by atoms with van der Waals surface area (Å²) in [6.45, 7) is 0. The third-order valence-electron chi connectivity index (χ3n) is 2.64. The molecule has 5 nitrogen and oxygen atoms in total. The lowest BCUT2D eigenvalue weighted by molar-refractivity contribution is -0.120. The second kappa shape index (κ2) is 5.77.